The third-order valence-electron chi connectivity index (χ3n) is 3.30. The van der Waals surface area contributed by atoms with E-state index in [2.05, 4.69) is 18.9 Å². The van der Waals surface area contributed by atoms with Crippen molar-refractivity contribution in [1.82, 2.24) is 4.90 Å². The average Bonchev–Trinajstić information content (AvgIpc) is 2.27. The first-order chi connectivity index (χ1) is 7.72. The first-order valence-corrected chi connectivity index (χ1v) is 6.74. The number of nitrogens with zero attached hydrogens (tertiary/aromatic N) is 1. The molecule has 2 N–H and O–H groups in total. The molecular weight excluding hydrogens is 200 g/mol. The molecule has 0 spiro atoms. The molecule has 96 valence electrons. The third-order valence-corrected chi connectivity index (χ3v) is 3.30. The number of likely N-dealkylation sites (N-methyl/N-ethyl adjacent to an activating group) is 1. The molecule has 3 heteroatoms. The predicted molar refractivity (Wildman–Crippen MR) is 68.5 cm³/mol. The molecule has 3 nitrogen and oxygen atoms in total. The summed E-state index contributed by atoms with van der Waals surface area (Å²) in [6.45, 7) is 6.27. The number of rotatable bonds is 7. The summed E-state index contributed by atoms with van der Waals surface area (Å²) in [4.78, 5) is 2.37. The van der Waals surface area contributed by atoms with Gasteiger partial charge in [-0.2, -0.15) is 0 Å². The largest absolute Gasteiger partial charge is 0.381 e. The highest BCUT2D eigenvalue weighted by molar-refractivity contribution is 4.71. The van der Waals surface area contributed by atoms with Crippen molar-refractivity contribution in [3.8, 4) is 0 Å². The molecule has 1 aliphatic rings. The minimum absolute atomic E-state index is 0.342. The summed E-state index contributed by atoms with van der Waals surface area (Å²) in [5.41, 5.74) is 6.09. The Morgan fingerprint density at radius 1 is 1.50 bits per heavy atom. The van der Waals surface area contributed by atoms with Gasteiger partial charge in [0.25, 0.3) is 0 Å². The Balaban J connectivity index is 2.11. The zero-order valence-corrected chi connectivity index (χ0v) is 11.0. The summed E-state index contributed by atoms with van der Waals surface area (Å²) < 4.78 is 5.49. The van der Waals surface area contributed by atoms with Gasteiger partial charge in [0.15, 0.2) is 0 Å². The van der Waals surface area contributed by atoms with Gasteiger partial charge in [-0.1, -0.05) is 19.8 Å². The van der Waals surface area contributed by atoms with Crippen LogP contribution in [0.15, 0.2) is 0 Å². The van der Waals surface area contributed by atoms with Crippen LogP contribution in [0.2, 0.25) is 0 Å². The predicted octanol–water partition coefficient (Wildman–Crippen LogP) is 1.86. The molecule has 0 amide bonds. The van der Waals surface area contributed by atoms with E-state index < -0.39 is 0 Å². The molecule has 1 saturated heterocycles. The van der Waals surface area contributed by atoms with E-state index in [1.165, 1.54) is 25.7 Å². The van der Waals surface area contributed by atoms with Crippen molar-refractivity contribution in [1.29, 1.82) is 0 Å². The highest BCUT2D eigenvalue weighted by Gasteiger charge is 2.16. The van der Waals surface area contributed by atoms with Crippen molar-refractivity contribution >= 4 is 0 Å². The van der Waals surface area contributed by atoms with Crippen LogP contribution in [0.5, 0.6) is 0 Å². The van der Waals surface area contributed by atoms with Crippen molar-refractivity contribution in [2.24, 2.45) is 11.7 Å². The first kappa shape index (κ1) is 13.9. The Bertz CT molecular complexity index is 169. The molecule has 0 bridgehead atoms. The normalized spacial score (nSPS) is 23.6. The summed E-state index contributed by atoms with van der Waals surface area (Å²) in [5.74, 6) is 0.720. The van der Waals surface area contributed by atoms with Crippen LogP contribution < -0.4 is 5.73 Å². The molecule has 1 aliphatic heterocycles. The molecule has 1 rings (SSSR count). The maximum Gasteiger partial charge on any atom is 0.0506 e. The fourth-order valence-electron chi connectivity index (χ4n) is 2.42. The molecule has 0 aromatic heterocycles. The van der Waals surface area contributed by atoms with Crippen LogP contribution in [0.25, 0.3) is 0 Å². The van der Waals surface area contributed by atoms with Gasteiger partial charge in [-0.05, 0) is 32.2 Å². The summed E-state index contributed by atoms with van der Waals surface area (Å²) in [6, 6.07) is 0.342. The number of ether oxygens (including phenoxy) is 1. The van der Waals surface area contributed by atoms with Crippen molar-refractivity contribution in [2.45, 2.75) is 45.1 Å². The first-order valence-electron chi connectivity index (χ1n) is 6.74. The second-order valence-electron chi connectivity index (χ2n) is 5.21. The Kier molecular flexibility index (Phi) is 7.01. The van der Waals surface area contributed by atoms with E-state index in [1.807, 2.05) is 0 Å². The van der Waals surface area contributed by atoms with Crippen molar-refractivity contribution in [3.05, 3.63) is 0 Å². The zero-order chi connectivity index (χ0) is 11.8. The van der Waals surface area contributed by atoms with Crippen LogP contribution in [-0.4, -0.2) is 44.3 Å². The van der Waals surface area contributed by atoms with Crippen molar-refractivity contribution in [3.63, 3.8) is 0 Å². The lowest BCUT2D eigenvalue weighted by Crippen LogP contribution is -2.39. The van der Waals surface area contributed by atoms with Crippen LogP contribution in [0, 0.1) is 5.92 Å². The van der Waals surface area contributed by atoms with Gasteiger partial charge in [0.1, 0.15) is 0 Å². The maximum absolute atomic E-state index is 6.09. The van der Waals surface area contributed by atoms with E-state index >= 15 is 0 Å². The molecule has 2 unspecified atom stereocenters. The molecule has 2 atom stereocenters. The number of hydrogen-bond acceptors (Lipinski definition) is 3. The monoisotopic (exact) mass is 228 g/mol. The molecule has 1 fully saturated rings. The van der Waals surface area contributed by atoms with Gasteiger partial charge in [-0.3, -0.25) is 0 Å². The zero-order valence-electron chi connectivity index (χ0n) is 11.0. The van der Waals surface area contributed by atoms with Gasteiger partial charge in [0.05, 0.1) is 6.61 Å². The Morgan fingerprint density at radius 2 is 2.31 bits per heavy atom. The Labute approximate surface area is 100 Å². The van der Waals surface area contributed by atoms with Gasteiger partial charge in [-0.15, -0.1) is 0 Å². The highest BCUT2D eigenvalue weighted by Crippen LogP contribution is 2.14. The highest BCUT2D eigenvalue weighted by atomic mass is 16.5. The van der Waals surface area contributed by atoms with Crippen molar-refractivity contribution < 1.29 is 4.74 Å². The summed E-state index contributed by atoms with van der Waals surface area (Å²) in [6.07, 6.45) is 6.19. The molecule has 0 aromatic rings. The van der Waals surface area contributed by atoms with Gasteiger partial charge >= 0.3 is 0 Å². The van der Waals surface area contributed by atoms with Gasteiger partial charge in [0, 0.05) is 25.7 Å². The van der Waals surface area contributed by atoms with E-state index in [0.29, 0.717) is 6.04 Å². The number of nitrogens with two attached hydrogens (primary N) is 1. The van der Waals surface area contributed by atoms with E-state index in [-0.39, 0.29) is 0 Å². The van der Waals surface area contributed by atoms with Gasteiger partial charge in [-0.25, -0.2) is 0 Å². The fraction of sp³-hybridized carbons (Fsp3) is 1.00. The van der Waals surface area contributed by atoms with Crippen LogP contribution in [-0.2, 0) is 4.74 Å². The topological polar surface area (TPSA) is 38.5 Å². The molecule has 0 aromatic carbocycles. The molecule has 0 aliphatic carbocycles. The summed E-state index contributed by atoms with van der Waals surface area (Å²) in [5, 5.41) is 0. The van der Waals surface area contributed by atoms with Crippen molar-refractivity contribution in [2.75, 3.05) is 33.4 Å². The SMILES string of the molecule is CCCCC(N)CN(C)CC1CCCOC1. The lowest BCUT2D eigenvalue weighted by atomic mass is 10.0. The number of hydrogen-bond donors (Lipinski definition) is 1. The van der Waals surface area contributed by atoms with E-state index in [0.717, 1.165) is 38.6 Å². The minimum Gasteiger partial charge on any atom is -0.381 e. The van der Waals surface area contributed by atoms with E-state index in [1.54, 1.807) is 0 Å². The van der Waals surface area contributed by atoms with Gasteiger partial charge in [0.2, 0.25) is 0 Å². The molecule has 1 heterocycles. The Morgan fingerprint density at radius 3 is 2.94 bits per heavy atom. The van der Waals surface area contributed by atoms with Crippen LogP contribution in [0.1, 0.15) is 39.0 Å². The molecule has 0 radical (unpaired) electrons. The minimum atomic E-state index is 0.342. The standard InChI is InChI=1S/C13H28N2O/c1-3-4-7-13(14)10-15(2)9-12-6-5-8-16-11-12/h12-13H,3-11,14H2,1-2H3. The smallest absolute Gasteiger partial charge is 0.0506 e. The molecule has 0 saturated carbocycles. The van der Waals surface area contributed by atoms with Crippen LogP contribution >= 0.6 is 0 Å². The lowest BCUT2D eigenvalue weighted by Gasteiger charge is -2.28. The molecule has 16 heavy (non-hydrogen) atoms. The van der Waals surface area contributed by atoms with E-state index in [4.69, 9.17) is 10.5 Å². The molecular formula is C13H28N2O. The lowest BCUT2D eigenvalue weighted by molar-refractivity contribution is 0.0413. The average molecular weight is 228 g/mol. The Hall–Kier alpha value is -0.120. The van der Waals surface area contributed by atoms with Crippen LogP contribution in [0.3, 0.4) is 0 Å². The summed E-state index contributed by atoms with van der Waals surface area (Å²) in [7, 11) is 2.18. The summed E-state index contributed by atoms with van der Waals surface area (Å²) >= 11 is 0. The van der Waals surface area contributed by atoms with E-state index in [9.17, 15) is 0 Å². The van der Waals surface area contributed by atoms with Gasteiger partial charge < -0.3 is 15.4 Å². The number of unbranched alkanes of at least 4 members (excludes halogenated alkanes) is 1. The second-order valence-corrected chi connectivity index (χ2v) is 5.21. The fourth-order valence-corrected chi connectivity index (χ4v) is 2.42. The van der Waals surface area contributed by atoms with Crippen LogP contribution in [0.4, 0.5) is 0 Å². The quantitative estimate of drug-likeness (QED) is 0.723. The maximum atomic E-state index is 6.09. The second kappa shape index (κ2) is 8.04. The third kappa shape index (κ3) is 5.83.